The topological polar surface area (TPSA) is 20.2 Å². The van der Waals surface area contributed by atoms with Crippen LogP contribution in [0.3, 0.4) is 0 Å². The van der Waals surface area contributed by atoms with Crippen molar-refractivity contribution in [2.45, 2.75) is 12.8 Å². The Kier molecular flexibility index (Phi) is 1.51. The number of hydrogen-bond donors (Lipinski definition) is 1. The van der Waals surface area contributed by atoms with E-state index in [1.807, 2.05) is 0 Å². The monoisotopic (exact) mass is 208 g/mol. The van der Waals surface area contributed by atoms with E-state index in [4.69, 9.17) is 0 Å². The van der Waals surface area contributed by atoms with Crippen LogP contribution in [0.15, 0.2) is 15.8 Å². The third-order valence-corrected chi connectivity index (χ3v) is 2.16. The summed E-state index contributed by atoms with van der Waals surface area (Å²) >= 11 is 3.23. The summed E-state index contributed by atoms with van der Waals surface area (Å²) in [5.41, 5.74) is 3.78. The minimum atomic E-state index is 0.422. The highest BCUT2D eigenvalue weighted by atomic mass is 79.9. The van der Waals surface area contributed by atoms with Gasteiger partial charge in [-0.05, 0) is 4.48 Å². The highest BCUT2D eigenvalue weighted by Gasteiger charge is 2.07. The fourth-order valence-corrected chi connectivity index (χ4v) is 1.51. The predicted molar refractivity (Wildman–Crippen MR) is 44.9 cm³/mol. The molecule has 1 N–H and O–H groups in total. The van der Waals surface area contributed by atoms with Crippen LogP contribution in [0, 0.1) is 23.9 Å². The Morgan fingerprint density at radius 2 is 2.27 bits per heavy atom. The van der Waals surface area contributed by atoms with E-state index in [1.54, 1.807) is 0 Å². The molecule has 0 aromatic rings. The molecule has 2 heteroatoms. The molecule has 2 aliphatic rings. The van der Waals surface area contributed by atoms with E-state index in [2.05, 4.69) is 33.5 Å². The number of rotatable bonds is 0. The van der Waals surface area contributed by atoms with Gasteiger partial charge in [0, 0.05) is 0 Å². The van der Waals surface area contributed by atoms with E-state index in [0.29, 0.717) is 12.5 Å². The van der Waals surface area contributed by atoms with Gasteiger partial charge in [-0.15, -0.1) is 18.8 Å². The van der Waals surface area contributed by atoms with Crippen LogP contribution in [0.4, 0.5) is 0 Å². The van der Waals surface area contributed by atoms with E-state index < -0.39 is 0 Å². The van der Waals surface area contributed by atoms with Crippen molar-refractivity contribution >= 4 is 15.9 Å². The van der Waals surface area contributed by atoms with Gasteiger partial charge >= 0.3 is 0 Å². The normalized spacial score (nSPS) is 20.2. The largest absolute Gasteiger partial charge is 0.484 e. The molecule has 2 aliphatic carbocycles. The molecule has 0 bridgehead atoms. The molecular weight excluding hydrogens is 204 g/mol. The Morgan fingerprint density at radius 1 is 1.45 bits per heavy atom. The SMILES string of the molecule is O[C-]1CC[C-]2C#CC(Br)=C=C12. The van der Waals surface area contributed by atoms with Crippen LogP contribution >= 0.6 is 15.9 Å². The van der Waals surface area contributed by atoms with Crippen LogP contribution < -0.4 is 0 Å². The Balaban J connectivity index is 2.47. The average Bonchev–Trinajstić information content (AvgIpc) is 2.33. The molecule has 0 heterocycles. The highest BCUT2D eigenvalue weighted by Crippen LogP contribution is 2.38. The lowest BCUT2D eigenvalue weighted by atomic mass is 10.0. The molecule has 2 rings (SSSR count). The summed E-state index contributed by atoms with van der Waals surface area (Å²) in [5.74, 6) is 6.85. The molecule has 1 saturated carbocycles. The molecular formula is C9H5BrO-2. The Bertz CT molecular complexity index is 312. The molecule has 0 aliphatic heterocycles. The molecule has 56 valence electrons. The lowest BCUT2D eigenvalue weighted by molar-refractivity contribution is 0.325. The molecule has 1 fully saturated rings. The second-order valence-electron chi connectivity index (χ2n) is 2.49. The molecule has 0 spiro atoms. The smallest absolute Gasteiger partial charge is 0.0231 e. The molecule has 0 aromatic carbocycles. The van der Waals surface area contributed by atoms with E-state index in [-0.39, 0.29) is 0 Å². The van der Waals surface area contributed by atoms with Crippen LogP contribution in [0.25, 0.3) is 0 Å². The van der Waals surface area contributed by atoms with E-state index >= 15 is 0 Å². The molecule has 1 nitrogen and oxygen atoms in total. The molecule has 0 unspecified atom stereocenters. The maximum Gasteiger partial charge on any atom is -0.0231 e. The minimum Gasteiger partial charge on any atom is -0.484 e. The summed E-state index contributed by atoms with van der Waals surface area (Å²) in [7, 11) is 0. The number of halogens is 1. The van der Waals surface area contributed by atoms with Crippen LogP contribution in [0.1, 0.15) is 12.8 Å². The van der Waals surface area contributed by atoms with Gasteiger partial charge in [0.25, 0.3) is 0 Å². The lowest BCUT2D eigenvalue weighted by Gasteiger charge is -2.29. The van der Waals surface area contributed by atoms with Crippen molar-refractivity contribution < 1.29 is 5.11 Å². The molecule has 0 radical (unpaired) electrons. The summed E-state index contributed by atoms with van der Waals surface area (Å²) in [5, 5.41) is 9.34. The predicted octanol–water partition coefficient (Wildman–Crippen LogP) is 2.08. The number of aliphatic hydroxyl groups is 1. The third-order valence-electron chi connectivity index (χ3n) is 1.76. The van der Waals surface area contributed by atoms with Gasteiger partial charge in [0.2, 0.25) is 0 Å². The van der Waals surface area contributed by atoms with E-state index in [9.17, 15) is 5.11 Å². The molecule has 0 aromatic heterocycles. The summed E-state index contributed by atoms with van der Waals surface area (Å²) in [6, 6.07) is 0. The van der Waals surface area contributed by atoms with Gasteiger partial charge in [0.15, 0.2) is 0 Å². The summed E-state index contributed by atoms with van der Waals surface area (Å²) in [4.78, 5) is 0. The Morgan fingerprint density at radius 3 is 3.09 bits per heavy atom. The molecule has 11 heavy (non-hydrogen) atoms. The summed E-state index contributed by atoms with van der Waals surface area (Å²) in [6.07, 6.45) is 2.00. The van der Waals surface area contributed by atoms with Crippen LogP contribution in [0.2, 0.25) is 0 Å². The Hall–Kier alpha value is -0.740. The van der Waals surface area contributed by atoms with E-state index in [0.717, 1.165) is 22.4 Å². The maximum absolute atomic E-state index is 9.34. The van der Waals surface area contributed by atoms with Crippen LogP contribution in [0.5, 0.6) is 0 Å². The quantitative estimate of drug-likeness (QED) is 0.368. The van der Waals surface area contributed by atoms with Gasteiger partial charge in [-0.2, -0.15) is 6.10 Å². The molecule has 0 amide bonds. The van der Waals surface area contributed by atoms with Crippen molar-refractivity contribution in [2.75, 3.05) is 0 Å². The van der Waals surface area contributed by atoms with Gasteiger partial charge in [0.1, 0.15) is 0 Å². The van der Waals surface area contributed by atoms with Gasteiger partial charge < -0.3 is 10.8 Å². The molecule has 0 atom stereocenters. The van der Waals surface area contributed by atoms with Crippen molar-refractivity contribution in [3.8, 4) is 11.8 Å². The van der Waals surface area contributed by atoms with Crippen molar-refractivity contribution in [1.82, 2.24) is 0 Å². The van der Waals surface area contributed by atoms with Crippen molar-refractivity contribution in [3.05, 3.63) is 27.8 Å². The van der Waals surface area contributed by atoms with Gasteiger partial charge in [0.05, 0.1) is 0 Å². The zero-order valence-corrected chi connectivity index (χ0v) is 7.33. The van der Waals surface area contributed by atoms with Crippen molar-refractivity contribution in [3.63, 3.8) is 0 Å². The Labute approximate surface area is 73.9 Å². The second kappa shape index (κ2) is 2.39. The minimum absolute atomic E-state index is 0.422. The first kappa shape index (κ1) is 6.94. The van der Waals surface area contributed by atoms with Gasteiger partial charge in [-0.1, -0.05) is 15.9 Å². The lowest BCUT2D eigenvalue weighted by Crippen LogP contribution is -1.97. The maximum atomic E-state index is 9.34. The first-order valence-electron chi connectivity index (χ1n) is 3.37. The van der Waals surface area contributed by atoms with Crippen LogP contribution in [-0.2, 0) is 0 Å². The zero-order valence-electron chi connectivity index (χ0n) is 5.74. The number of aliphatic hydroxyl groups excluding tert-OH is 1. The first-order valence-corrected chi connectivity index (χ1v) is 4.16. The third kappa shape index (κ3) is 1.08. The molecule has 0 saturated heterocycles. The fraction of sp³-hybridized carbons (Fsp3) is 0.222. The average molecular weight is 209 g/mol. The van der Waals surface area contributed by atoms with Crippen LogP contribution in [-0.4, -0.2) is 5.11 Å². The van der Waals surface area contributed by atoms with E-state index in [1.165, 1.54) is 0 Å². The van der Waals surface area contributed by atoms with Gasteiger partial charge in [-0.3, -0.25) is 5.57 Å². The summed E-state index contributed by atoms with van der Waals surface area (Å²) in [6.45, 7) is 0. The summed E-state index contributed by atoms with van der Waals surface area (Å²) < 4.78 is 0.727. The number of hydrogen-bond acceptors (Lipinski definition) is 1. The van der Waals surface area contributed by atoms with Crippen molar-refractivity contribution in [2.24, 2.45) is 0 Å². The second-order valence-corrected chi connectivity index (χ2v) is 3.28. The van der Waals surface area contributed by atoms with Crippen molar-refractivity contribution in [1.29, 1.82) is 0 Å². The first-order chi connectivity index (χ1) is 5.27. The highest BCUT2D eigenvalue weighted by molar-refractivity contribution is 9.12. The standard InChI is InChI=1S/C9H5BrO/c10-7-3-1-6-2-4-9(11)8(6)5-7/h11H,2,4H2/q-2. The van der Waals surface area contributed by atoms with Gasteiger partial charge in [-0.25, -0.2) is 11.8 Å². The zero-order chi connectivity index (χ0) is 7.84. The number of fused-ring (bicyclic) bond motifs is 1. The fourth-order valence-electron chi connectivity index (χ4n) is 1.21.